The second-order valence-corrected chi connectivity index (χ2v) is 10.8. The number of carbonyl (C=O) groups is 1. The van der Waals surface area contributed by atoms with Crippen molar-refractivity contribution in [2.45, 2.75) is 17.9 Å². The third kappa shape index (κ3) is 5.22. The summed E-state index contributed by atoms with van der Waals surface area (Å²) in [4.78, 5) is 16.7. The van der Waals surface area contributed by atoms with Gasteiger partial charge >= 0.3 is 0 Å². The Morgan fingerprint density at radius 2 is 1.78 bits per heavy atom. The Morgan fingerprint density at radius 3 is 2.44 bits per heavy atom. The summed E-state index contributed by atoms with van der Waals surface area (Å²) in [7, 11) is -3.67. The summed E-state index contributed by atoms with van der Waals surface area (Å²) in [6, 6.07) is 8.91. The zero-order valence-electron chi connectivity index (χ0n) is 18.2. The minimum atomic E-state index is -3.67. The number of rotatable bonds is 7. The van der Waals surface area contributed by atoms with Gasteiger partial charge in [-0.2, -0.15) is 4.31 Å². The second kappa shape index (κ2) is 10.4. The number of benzene rings is 1. The molecule has 1 aromatic heterocycles. The first-order valence-corrected chi connectivity index (χ1v) is 13.1. The Labute approximate surface area is 193 Å². The Balaban J connectivity index is 1.50. The molecule has 0 bridgehead atoms. The van der Waals surface area contributed by atoms with Gasteiger partial charge in [-0.1, -0.05) is 12.1 Å². The van der Waals surface area contributed by atoms with Crippen LogP contribution < -0.4 is 5.32 Å². The van der Waals surface area contributed by atoms with Crippen molar-refractivity contribution in [3.8, 4) is 0 Å². The van der Waals surface area contributed by atoms with Crippen molar-refractivity contribution in [3.63, 3.8) is 0 Å². The Kier molecular flexibility index (Phi) is 7.59. The SMILES string of the molecule is Cc1ccc(S(=O)(=O)N2CCOCC2)cc1C(=O)NCC(c1cccs1)N1CCOCC1. The molecule has 32 heavy (non-hydrogen) atoms. The third-order valence-corrected chi connectivity index (χ3v) is 8.74. The van der Waals surface area contributed by atoms with E-state index in [9.17, 15) is 13.2 Å². The van der Waals surface area contributed by atoms with Gasteiger partial charge in [0.05, 0.1) is 37.4 Å². The standard InChI is InChI=1S/C22H29N3O5S2/c1-17-4-5-18(32(27,28)25-8-12-30-13-9-25)15-19(17)22(26)23-16-20(21-3-2-14-31-21)24-6-10-29-11-7-24/h2-5,14-15,20H,6-13,16H2,1H3,(H,23,26). The first kappa shape index (κ1) is 23.3. The summed E-state index contributed by atoms with van der Waals surface area (Å²) < 4.78 is 38.2. The maximum absolute atomic E-state index is 13.1. The van der Waals surface area contributed by atoms with Crippen LogP contribution in [0.4, 0.5) is 0 Å². The predicted molar refractivity (Wildman–Crippen MR) is 123 cm³/mol. The topological polar surface area (TPSA) is 88.2 Å². The van der Waals surface area contributed by atoms with Crippen LogP contribution in [0.3, 0.4) is 0 Å². The molecule has 2 aromatic rings. The maximum Gasteiger partial charge on any atom is 0.251 e. The number of ether oxygens (including phenoxy) is 2. The fourth-order valence-electron chi connectivity index (χ4n) is 4.01. The van der Waals surface area contributed by atoms with Gasteiger partial charge in [0.2, 0.25) is 10.0 Å². The van der Waals surface area contributed by atoms with E-state index < -0.39 is 10.0 Å². The molecule has 0 aliphatic carbocycles. The van der Waals surface area contributed by atoms with Crippen molar-refractivity contribution in [1.82, 2.24) is 14.5 Å². The molecule has 0 spiro atoms. The van der Waals surface area contributed by atoms with Crippen molar-refractivity contribution in [2.24, 2.45) is 0 Å². The van der Waals surface area contributed by atoms with Crippen LogP contribution in [0.25, 0.3) is 0 Å². The maximum atomic E-state index is 13.1. The highest BCUT2D eigenvalue weighted by Crippen LogP contribution is 2.26. The fraction of sp³-hybridized carbons (Fsp3) is 0.500. The molecule has 4 rings (SSSR count). The van der Waals surface area contributed by atoms with Crippen LogP contribution in [0.1, 0.15) is 26.8 Å². The van der Waals surface area contributed by atoms with Gasteiger partial charge in [-0.25, -0.2) is 8.42 Å². The summed E-state index contributed by atoms with van der Waals surface area (Å²) in [6.45, 7) is 6.63. The van der Waals surface area contributed by atoms with Crippen LogP contribution in [0, 0.1) is 6.92 Å². The average molecular weight is 480 g/mol. The number of aryl methyl sites for hydroxylation is 1. The first-order chi connectivity index (χ1) is 15.5. The predicted octanol–water partition coefficient (Wildman–Crippen LogP) is 1.88. The van der Waals surface area contributed by atoms with E-state index in [0.717, 1.165) is 18.7 Å². The van der Waals surface area contributed by atoms with Crippen molar-refractivity contribution in [2.75, 3.05) is 59.2 Å². The number of carbonyl (C=O) groups excluding carboxylic acids is 1. The molecule has 1 aromatic carbocycles. The lowest BCUT2D eigenvalue weighted by atomic mass is 10.1. The van der Waals surface area contributed by atoms with Crippen molar-refractivity contribution in [1.29, 1.82) is 0 Å². The highest BCUT2D eigenvalue weighted by Gasteiger charge is 2.28. The number of thiophene rings is 1. The van der Waals surface area contributed by atoms with Crippen LogP contribution in [0.15, 0.2) is 40.6 Å². The van der Waals surface area contributed by atoms with Crippen molar-refractivity contribution in [3.05, 3.63) is 51.7 Å². The van der Waals surface area contributed by atoms with Crippen LogP contribution in [-0.2, 0) is 19.5 Å². The molecular weight excluding hydrogens is 450 g/mol. The molecule has 1 amide bonds. The number of hydrogen-bond donors (Lipinski definition) is 1. The van der Waals surface area contributed by atoms with Gasteiger partial charge in [0.15, 0.2) is 0 Å². The molecule has 3 heterocycles. The molecule has 8 nitrogen and oxygen atoms in total. The van der Waals surface area contributed by atoms with Crippen LogP contribution >= 0.6 is 11.3 Å². The molecule has 0 saturated carbocycles. The van der Waals surface area contributed by atoms with Crippen LogP contribution in [0.2, 0.25) is 0 Å². The van der Waals surface area contributed by atoms with Crippen molar-refractivity contribution >= 4 is 27.3 Å². The van der Waals surface area contributed by atoms with E-state index in [1.165, 1.54) is 15.2 Å². The minimum Gasteiger partial charge on any atom is -0.379 e. The normalized spacial score (nSPS) is 19.5. The Bertz CT molecular complexity index is 1010. The van der Waals surface area contributed by atoms with Crippen LogP contribution in [0.5, 0.6) is 0 Å². The van der Waals surface area contributed by atoms with Gasteiger partial charge in [-0.3, -0.25) is 9.69 Å². The molecule has 2 aliphatic rings. The van der Waals surface area contributed by atoms with Gasteiger partial charge in [0.1, 0.15) is 0 Å². The molecule has 2 aliphatic heterocycles. The highest BCUT2D eigenvalue weighted by atomic mass is 32.2. The molecule has 174 valence electrons. The zero-order chi connectivity index (χ0) is 22.6. The summed E-state index contributed by atoms with van der Waals surface area (Å²) in [5.41, 5.74) is 1.12. The monoisotopic (exact) mass is 479 g/mol. The van der Waals surface area contributed by atoms with E-state index in [2.05, 4.69) is 16.3 Å². The minimum absolute atomic E-state index is 0.0587. The van der Waals surface area contributed by atoms with E-state index in [4.69, 9.17) is 9.47 Å². The van der Waals surface area contributed by atoms with Gasteiger partial charge in [-0.15, -0.1) is 11.3 Å². The molecule has 1 atom stereocenters. The molecule has 2 fully saturated rings. The molecule has 0 radical (unpaired) electrons. The third-order valence-electron chi connectivity index (χ3n) is 5.88. The number of sulfonamides is 1. The Hall–Kier alpha value is -1.82. The fourth-order valence-corrected chi connectivity index (χ4v) is 6.30. The number of amides is 1. The summed E-state index contributed by atoms with van der Waals surface area (Å²) in [5.74, 6) is -0.267. The number of nitrogens with zero attached hydrogens (tertiary/aromatic N) is 2. The molecule has 1 N–H and O–H groups in total. The largest absolute Gasteiger partial charge is 0.379 e. The van der Waals surface area contributed by atoms with Gasteiger partial charge in [-0.05, 0) is 36.1 Å². The lowest BCUT2D eigenvalue weighted by molar-refractivity contribution is 0.0169. The molecule has 10 heteroatoms. The number of morpholine rings is 2. The van der Waals surface area contributed by atoms with Gasteiger partial charge in [0.25, 0.3) is 5.91 Å². The lowest BCUT2D eigenvalue weighted by Crippen LogP contribution is -2.43. The molecular formula is C22H29N3O5S2. The number of nitrogens with one attached hydrogen (secondary N) is 1. The quantitative estimate of drug-likeness (QED) is 0.653. The molecule has 1 unspecified atom stereocenters. The van der Waals surface area contributed by atoms with E-state index in [1.807, 2.05) is 18.4 Å². The van der Waals surface area contributed by atoms with Crippen LogP contribution in [-0.4, -0.2) is 82.7 Å². The first-order valence-electron chi connectivity index (χ1n) is 10.8. The molecule has 2 saturated heterocycles. The average Bonchev–Trinajstić information content (AvgIpc) is 3.35. The van der Waals surface area contributed by atoms with Gasteiger partial charge < -0.3 is 14.8 Å². The van der Waals surface area contributed by atoms with Crippen molar-refractivity contribution < 1.29 is 22.7 Å². The summed E-state index contributed by atoms with van der Waals surface area (Å²) >= 11 is 1.67. The zero-order valence-corrected chi connectivity index (χ0v) is 19.8. The highest BCUT2D eigenvalue weighted by molar-refractivity contribution is 7.89. The second-order valence-electron chi connectivity index (χ2n) is 7.88. The lowest BCUT2D eigenvalue weighted by Gasteiger charge is -2.34. The Morgan fingerprint density at radius 1 is 1.09 bits per heavy atom. The summed E-state index contributed by atoms with van der Waals surface area (Å²) in [6.07, 6.45) is 0. The summed E-state index contributed by atoms with van der Waals surface area (Å²) in [5, 5.41) is 5.08. The van der Waals surface area contributed by atoms with E-state index in [1.54, 1.807) is 23.5 Å². The smallest absolute Gasteiger partial charge is 0.251 e. The van der Waals surface area contributed by atoms with E-state index in [0.29, 0.717) is 51.6 Å². The van der Waals surface area contributed by atoms with E-state index in [-0.39, 0.29) is 16.8 Å². The number of hydrogen-bond acceptors (Lipinski definition) is 7. The van der Waals surface area contributed by atoms with E-state index >= 15 is 0 Å². The van der Waals surface area contributed by atoms with Gasteiger partial charge in [0, 0.05) is 43.2 Å².